The van der Waals surface area contributed by atoms with Crippen molar-refractivity contribution in [2.45, 2.75) is 12.1 Å². The van der Waals surface area contributed by atoms with E-state index in [0.29, 0.717) is 11.5 Å². The molecular formula is C17H21N5O2. The summed E-state index contributed by atoms with van der Waals surface area (Å²) in [6, 6.07) is 5.87. The number of carbonyl (C=O) groups is 1. The van der Waals surface area contributed by atoms with Gasteiger partial charge in [-0.3, -0.25) is 20.1 Å². The number of furan rings is 1. The lowest BCUT2D eigenvalue weighted by Gasteiger charge is -2.39. The fourth-order valence-electron chi connectivity index (χ4n) is 3.51. The predicted octanol–water partition coefficient (Wildman–Crippen LogP) is 0.650. The van der Waals surface area contributed by atoms with Crippen LogP contribution in [0.3, 0.4) is 0 Å². The fraction of sp³-hybridized carbons (Fsp3) is 0.412. The third kappa shape index (κ3) is 2.93. The monoisotopic (exact) mass is 327 g/mol. The molecule has 0 aromatic carbocycles. The van der Waals surface area contributed by atoms with E-state index in [-0.39, 0.29) is 12.1 Å². The maximum absolute atomic E-state index is 12.4. The highest BCUT2D eigenvalue weighted by molar-refractivity contribution is 5.93. The Morgan fingerprint density at radius 3 is 2.67 bits per heavy atom. The van der Waals surface area contributed by atoms with E-state index in [0.717, 1.165) is 32.7 Å². The highest BCUT2D eigenvalue weighted by Crippen LogP contribution is 2.25. The number of hydrazine groups is 1. The molecule has 0 radical (unpaired) electrons. The second kappa shape index (κ2) is 6.72. The smallest absolute Gasteiger partial charge is 0.257 e. The van der Waals surface area contributed by atoms with Crippen LogP contribution >= 0.6 is 0 Å². The van der Waals surface area contributed by atoms with Gasteiger partial charge in [0.25, 0.3) is 5.91 Å². The number of hydrogen-bond donors (Lipinski definition) is 2. The normalized spacial score (nSPS) is 25.1. The number of piperazine rings is 1. The van der Waals surface area contributed by atoms with E-state index in [1.807, 2.05) is 17.3 Å². The van der Waals surface area contributed by atoms with Gasteiger partial charge < -0.3 is 9.32 Å². The summed E-state index contributed by atoms with van der Waals surface area (Å²) < 4.78 is 5.01. The number of hydrogen-bond acceptors (Lipinski definition) is 6. The molecule has 2 fully saturated rings. The number of pyridine rings is 1. The van der Waals surface area contributed by atoms with Crippen LogP contribution in [-0.2, 0) is 0 Å². The van der Waals surface area contributed by atoms with E-state index >= 15 is 0 Å². The summed E-state index contributed by atoms with van der Waals surface area (Å²) in [4.78, 5) is 20.8. The van der Waals surface area contributed by atoms with Gasteiger partial charge in [0.2, 0.25) is 0 Å². The second-order valence-electron chi connectivity index (χ2n) is 6.20. The molecule has 0 bridgehead atoms. The third-order valence-electron chi connectivity index (χ3n) is 4.85. The largest absolute Gasteiger partial charge is 0.472 e. The summed E-state index contributed by atoms with van der Waals surface area (Å²) in [5.74, 6) is 0.427. The molecule has 2 aliphatic heterocycles. The Hall–Kier alpha value is -2.22. The minimum Gasteiger partial charge on any atom is -0.472 e. The Morgan fingerprint density at radius 2 is 1.96 bits per heavy atom. The predicted molar refractivity (Wildman–Crippen MR) is 88.1 cm³/mol. The van der Waals surface area contributed by atoms with Crippen LogP contribution in [0, 0.1) is 0 Å². The summed E-state index contributed by atoms with van der Waals surface area (Å²) in [7, 11) is 0. The molecule has 0 aliphatic carbocycles. The molecule has 2 N–H and O–H groups in total. The maximum Gasteiger partial charge on any atom is 0.257 e. The molecule has 24 heavy (non-hydrogen) atoms. The van der Waals surface area contributed by atoms with E-state index in [9.17, 15) is 4.79 Å². The summed E-state index contributed by atoms with van der Waals surface area (Å²) in [6.07, 6.45) is 6.96. The van der Waals surface area contributed by atoms with Crippen molar-refractivity contribution >= 4 is 5.91 Å². The summed E-state index contributed by atoms with van der Waals surface area (Å²) >= 11 is 0. The fourth-order valence-corrected chi connectivity index (χ4v) is 3.51. The van der Waals surface area contributed by atoms with Crippen molar-refractivity contribution < 1.29 is 9.21 Å². The number of carbonyl (C=O) groups excluding carboxylic acids is 1. The van der Waals surface area contributed by atoms with Gasteiger partial charge in [-0.05, 0) is 23.8 Å². The third-order valence-corrected chi connectivity index (χ3v) is 4.85. The zero-order valence-corrected chi connectivity index (χ0v) is 13.4. The standard InChI is InChI=1S/C17H21N5O2/c23-17(14-3-10-24-12-14)22-8-6-21(7-9-22)16-15(11-19-20-16)13-1-4-18-5-2-13/h1-5,10,12,15-16,19-20H,6-9,11H2. The second-order valence-corrected chi connectivity index (χ2v) is 6.20. The van der Waals surface area contributed by atoms with E-state index in [1.165, 1.54) is 18.1 Å². The molecule has 2 aromatic heterocycles. The lowest BCUT2D eigenvalue weighted by atomic mass is 9.97. The quantitative estimate of drug-likeness (QED) is 0.862. The van der Waals surface area contributed by atoms with Crippen molar-refractivity contribution in [2.24, 2.45) is 0 Å². The van der Waals surface area contributed by atoms with Gasteiger partial charge >= 0.3 is 0 Å². The van der Waals surface area contributed by atoms with Crippen LogP contribution in [-0.4, -0.2) is 59.6 Å². The maximum atomic E-state index is 12.4. The van der Waals surface area contributed by atoms with Crippen LogP contribution in [0.25, 0.3) is 0 Å². The number of nitrogens with one attached hydrogen (secondary N) is 2. The van der Waals surface area contributed by atoms with Gasteiger partial charge in [-0.1, -0.05) is 0 Å². The van der Waals surface area contributed by atoms with Gasteiger partial charge in [0.1, 0.15) is 6.26 Å². The van der Waals surface area contributed by atoms with Crippen molar-refractivity contribution in [2.75, 3.05) is 32.7 Å². The number of aromatic nitrogens is 1. The summed E-state index contributed by atoms with van der Waals surface area (Å²) in [5, 5.41) is 0. The first-order chi connectivity index (χ1) is 11.8. The first-order valence-electron chi connectivity index (χ1n) is 8.27. The molecule has 2 atom stereocenters. The van der Waals surface area contributed by atoms with Crippen molar-refractivity contribution in [3.63, 3.8) is 0 Å². The molecular weight excluding hydrogens is 306 g/mol. The highest BCUT2D eigenvalue weighted by atomic mass is 16.3. The van der Waals surface area contributed by atoms with Crippen molar-refractivity contribution in [1.29, 1.82) is 0 Å². The van der Waals surface area contributed by atoms with Gasteiger partial charge in [0.15, 0.2) is 0 Å². The number of nitrogens with zero attached hydrogens (tertiary/aromatic N) is 3. The van der Waals surface area contributed by atoms with E-state index in [2.05, 4.69) is 32.9 Å². The average Bonchev–Trinajstić information content (AvgIpc) is 3.34. The van der Waals surface area contributed by atoms with Crippen LogP contribution in [0.15, 0.2) is 47.5 Å². The van der Waals surface area contributed by atoms with E-state index in [4.69, 9.17) is 4.42 Å². The minimum absolute atomic E-state index is 0.0478. The molecule has 7 heteroatoms. The molecule has 7 nitrogen and oxygen atoms in total. The zero-order valence-electron chi connectivity index (χ0n) is 13.4. The molecule has 2 aromatic rings. The van der Waals surface area contributed by atoms with Crippen molar-refractivity contribution in [3.8, 4) is 0 Å². The Morgan fingerprint density at radius 1 is 1.17 bits per heavy atom. The molecule has 0 spiro atoms. The highest BCUT2D eigenvalue weighted by Gasteiger charge is 2.35. The number of amides is 1. The molecule has 2 aliphatic rings. The molecule has 4 heterocycles. The summed E-state index contributed by atoms with van der Waals surface area (Å²) in [5.41, 5.74) is 8.56. The van der Waals surface area contributed by atoms with Crippen molar-refractivity contribution in [1.82, 2.24) is 25.6 Å². The average molecular weight is 327 g/mol. The molecule has 2 unspecified atom stereocenters. The van der Waals surface area contributed by atoms with Gasteiger partial charge in [0, 0.05) is 51.0 Å². The lowest BCUT2D eigenvalue weighted by Crippen LogP contribution is -2.56. The molecule has 0 saturated carbocycles. The Kier molecular flexibility index (Phi) is 4.29. The number of rotatable bonds is 3. The van der Waals surface area contributed by atoms with Gasteiger partial charge in [-0.2, -0.15) is 0 Å². The molecule has 4 rings (SSSR count). The molecule has 1 amide bonds. The van der Waals surface area contributed by atoms with Gasteiger partial charge in [-0.15, -0.1) is 0 Å². The first-order valence-corrected chi connectivity index (χ1v) is 8.27. The van der Waals surface area contributed by atoms with Crippen LogP contribution in [0.5, 0.6) is 0 Å². The zero-order chi connectivity index (χ0) is 16.4. The Bertz CT molecular complexity index is 668. The Labute approximate surface area is 140 Å². The van der Waals surface area contributed by atoms with Crippen molar-refractivity contribution in [3.05, 3.63) is 54.2 Å². The van der Waals surface area contributed by atoms with Gasteiger partial charge in [-0.25, -0.2) is 5.43 Å². The summed E-state index contributed by atoms with van der Waals surface area (Å²) in [6.45, 7) is 4.05. The van der Waals surface area contributed by atoms with Crippen LogP contribution in [0.4, 0.5) is 0 Å². The van der Waals surface area contributed by atoms with Gasteiger partial charge in [0.05, 0.1) is 18.0 Å². The Balaban J connectivity index is 1.39. The minimum atomic E-state index is 0.0478. The van der Waals surface area contributed by atoms with Crippen LogP contribution in [0.1, 0.15) is 21.8 Å². The topological polar surface area (TPSA) is 73.6 Å². The first kappa shape index (κ1) is 15.3. The van der Waals surface area contributed by atoms with Crippen LogP contribution < -0.4 is 10.9 Å². The molecule has 2 saturated heterocycles. The van der Waals surface area contributed by atoms with E-state index < -0.39 is 0 Å². The SMILES string of the molecule is O=C(c1ccoc1)N1CCN(C2NNCC2c2ccncc2)CC1. The lowest BCUT2D eigenvalue weighted by molar-refractivity contribution is 0.0526. The van der Waals surface area contributed by atoms with Crippen LogP contribution in [0.2, 0.25) is 0 Å². The van der Waals surface area contributed by atoms with E-state index in [1.54, 1.807) is 6.07 Å². The molecule has 126 valence electrons.